The van der Waals surface area contributed by atoms with Crippen LogP contribution in [0.2, 0.25) is 0 Å². The number of carbonyl (C=O) groups excluding carboxylic acids is 1. The Hall–Kier alpha value is -0.610. The summed E-state index contributed by atoms with van der Waals surface area (Å²) in [6.07, 6.45) is 3.31. The van der Waals surface area contributed by atoms with Crippen LogP contribution in [0.15, 0.2) is 0 Å². The van der Waals surface area contributed by atoms with E-state index in [9.17, 15) is 4.79 Å². The van der Waals surface area contributed by atoms with E-state index in [1.54, 1.807) is 0 Å². The molecule has 0 aromatic carbocycles. The second-order valence-corrected chi connectivity index (χ2v) is 4.04. The molecule has 0 aromatic heterocycles. The highest BCUT2D eigenvalue weighted by atomic mass is 16.6. The van der Waals surface area contributed by atoms with Crippen molar-refractivity contribution in [3.05, 3.63) is 0 Å². The predicted octanol–water partition coefficient (Wildman–Crippen LogP) is 0.0537. The van der Waals surface area contributed by atoms with Crippen molar-refractivity contribution in [2.45, 2.75) is 19.3 Å². The molecule has 1 heterocycles. The summed E-state index contributed by atoms with van der Waals surface area (Å²) in [5, 5.41) is 3.31. The largest absolute Gasteiger partial charge is 0.317 e. The number of hydrogen-bond donors (Lipinski definition) is 2. The number of hydrogen-bond acceptors (Lipinski definition) is 3. The van der Waals surface area contributed by atoms with Crippen LogP contribution in [0.4, 0.5) is 0 Å². The lowest BCUT2D eigenvalue weighted by atomic mass is 9.92. The topological polar surface area (TPSA) is 50.4 Å². The molecule has 1 aliphatic heterocycles. The Morgan fingerprint density at radius 3 is 2.85 bits per heavy atom. The van der Waals surface area contributed by atoms with Crippen LogP contribution in [-0.4, -0.2) is 26.1 Å². The van der Waals surface area contributed by atoms with Crippen molar-refractivity contribution in [1.82, 2.24) is 10.8 Å². The lowest BCUT2D eigenvalue weighted by Gasteiger charge is -2.22. The van der Waals surface area contributed by atoms with Gasteiger partial charge in [0.1, 0.15) is 0 Å². The lowest BCUT2D eigenvalue weighted by molar-refractivity contribution is -0.133. The lowest BCUT2D eigenvalue weighted by Crippen LogP contribution is -2.33. The molecule has 0 aromatic rings. The van der Waals surface area contributed by atoms with E-state index in [-0.39, 0.29) is 11.8 Å². The Labute approximate surface area is 78.0 Å². The fraction of sp³-hybridized carbons (Fsp3) is 0.889. The van der Waals surface area contributed by atoms with Crippen molar-refractivity contribution < 1.29 is 9.63 Å². The van der Waals surface area contributed by atoms with Crippen molar-refractivity contribution in [1.29, 1.82) is 0 Å². The Morgan fingerprint density at radius 1 is 1.54 bits per heavy atom. The molecule has 1 spiro atoms. The molecule has 4 heteroatoms. The van der Waals surface area contributed by atoms with Crippen LogP contribution in [0.3, 0.4) is 0 Å². The van der Waals surface area contributed by atoms with E-state index in [0.29, 0.717) is 5.41 Å². The van der Waals surface area contributed by atoms with Crippen LogP contribution in [-0.2, 0) is 9.63 Å². The van der Waals surface area contributed by atoms with E-state index in [4.69, 9.17) is 0 Å². The van der Waals surface area contributed by atoms with Gasteiger partial charge >= 0.3 is 0 Å². The minimum atomic E-state index is 0.0596. The first-order valence-electron chi connectivity index (χ1n) is 4.82. The third kappa shape index (κ3) is 1.56. The van der Waals surface area contributed by atoms with E-state index in [1.165, 1.54) is 7.11 Å². The summed E-state index contributed by atoms with van der Waals surface area (Å²) >= 11 is 0. The smallest absolute Gasteiger partial charge is 0.247 e. The Kier molecular flexibility index (Phi) is 2.26. The van der Waals surface area contributed by atoms with Crippen molar-refractivity contribution in [3.8, 4) is 0 Å². The highest BCUT2D eigenvalue weighted by Crippen LogP contribution is 2.58. The molecule has 2 aliphatic rings. The first-order chi connectivity index (χ1) is 6.28. The highest BCUT2D eigenvalue weighted by Gasteiger charge is 2.57. The molecule has 1 saturated heterocycles. The number of carbonyl (C=O) groups is 1. The zero-order chi connectivity index (χ0) is 9.31. The van der Waals surface area contributed by atoms with E-state index in [1.807, 2.05) is 0 Å². The molecule has 0 radical (unpaired) electrons. The molecule has 2 rings (SSSR count). The van der Waals surface area contributed by atoms with Gasteiger partial charge in [-0.25, -0.2) is 5.48 Å². The van der Waals surface area contributed by atoms with Crippen molar-refractivity contribution in [2.75, 3.05) is 20.2 Å². The molecule has 1 saturated carbocycles. The predicted molar refractivity (Wildman–Crippen MR) is 47.8 cm³/mol. The first kappa shape index (κ1) is 8.97. The molecule has 2 N–H and O–H groups in total. The Balaban J connectivity index is 1.88. The molecule has 1 unspecified atom stereocenters. The number of rotatable bonds is 2. The van der Waals surface area contributed by atoms with Gasteiger partial charge in [-0.3, -0.25) is 9.63 Å². The summed E-state index contributed by atoms with van der Waals surface area (Å²) < 4.78 is 0. The quantitative estimate of drug-likeness (QED) is 0.596. The number of amides is 1. The summed E-state index contributed by atoms with van der Waals surface area (Å²) in [5.74, 6) is 0.263. The van der Waals surface area contributed by atoms with Crippen molar-refractivity contribution in [3.63, 3.8) is 0 Å². The summed E-state index contributed by atoms with van der Waals surface area (Å²) in [7, 11) is 1.48. The standard InChI is InChI=1S/C9H16N2O2/c1-13-11-8(12)7-6-9(7)2-4-10-5-3-9/h7,10H,2-6H2,1H3,(H,11,12). The second kappa shape index (κ2) is 3.27. The van der Waals surface area contributed by atoms with Gasteiger partial charge < -0.3 is 5.32 Å². The minimum Gasteiger partial charge on any atom is -0.317 e. The average Bonchev–Trinajstić information content (AvgIpc) is 2.81. The molecule has 1 amide bonds. The number of hydroxylamine groups is 1. The van der Waals surface area contributed by atoms with Crippen LogP contribution in [0.5, 0.6) is 0 Å². The fourth-order valence-electron chi connectivity index (χ4n) is 2.37. The van der Waals surface area contributed by atoms with E-state index in [2.05, 4.69) is 15.6 Å². The Morgan fingerprint density at radius 2 is 2.23 bits per heavy atom. The van der Waals surface area contributed by atoms with Gasteiger partial charge in [0.15, 0.2) is 0 Å². The molecule has 74 valence electrons. The zero-order valence-electron chi connectivity index (χ0n) is 7.93. The molecular weight excluding hydrogens is 168 g/mol. The van der Waals surface area contributed by atoms with Crippen LogP contribution in [0.25, 0.3) is 0 Å². The van der Waals surface area contributed by atoms with Gasteiger partial charge in [0, 0.05) is 5.92 Å². The Bertz CT molecular complexity index is 212. The van der Waals surface area contributed by atoms with Gasteiger partial charge in [0.25, 0.3) is 0 Å². The second-order valence-electron chi connectivity index (χ2n) is 4.04. The highest BCUT2D eigenvalue weighted by molar-refractivity contribution is 5.81. The van der Waals surface area contributed by atoms with Gasteiger partial charge in [0.05, 0.1) is 7.11 Å². The number of nitrogens with one attached hydrogen (secondary N) is 2. The fourth-order valence-corrected chi connectivity index (χ4v) is 2.37. The van der Waals surface area contributed by atoms with Crippen LogP contribution < -0.4 is 10.8 Å². The third-order valence-electron chi connectivity index (χ3n) is 3.31. The SMILES string of the molecule is CONC(=O)C1CC12CCNCC2. The molecule has 2 fully saturated rings. The molecule has 4 nitrogen and oxygen atoms in total. The maximum absolute atomic E-state index is 11.4. The summed E-state index contributed by atoms with van der Waals surface area (Å²) in [6.45, 7) is 2.10. The number of piperidine rings is 1. The average molecular weight is 184 g/mol. The van der Waals surface area contributed by atoms with E-state index < -0.39 is 0 Å². The van der Waals surface area contributed by atoms with E-state index in [0.717, 1.165) is 32.4 Å². The van der Waals surface area contributed by atoms with E-state index >= 15 is 0 Å². The normalized spacial score (nSPS) is 30.1. The van der Waals surface area contributed by atoms with Crippen LogP contribution >= 0.6 is 0 Å². The van der Waals surface area contributed by atoms with Gasteiger partial charge in [-0.15, -0.1) is 0 Å². The molecule has 1 aliphatic carbocycles. The molecule has 13 heavy (non-hydrogen) atoms. The summed E-state index contributed by atoms with van der Waals surface area (Å²) in [4.78, 5) is 16.0. The first-order valence-corrected chi connectivity index (χ1v) is 4.82. The van der Waals surface area contributed by atoms with Gasteiger partial charge in [-0.2, -0.15) is 0 Å². The maximum atomic E-state index is 11.4. The zero-order valence-corrected chi connectivity index (χ0v) is 7.93. The molecular formula is C9H16N2O2. The van der Waals surface area contributed by atoms with Crippen molar-refractivity contribution >= 4 is 5.91 Å². The maximum Gasteiger partial charge on any atom is 0.247 e. The van der Waals surface area contributed by atoms with Crippen molar-refractivity contribution in [2.24, 2.45) is 11.3 Å². The van der Waals surface area contributed by atoms with Crippen LogP contribution in [0.1, 0.15) is 19.3 Å². The summed E-state index contributed by atoms with van der Waals surface area (Å²) in [6, 6.07) is 0. The van der Waals surface area contributed by atoms with Gasteiger partial charge in [-0.05, 0) is 37.8 Å². The molecule has 1 atom stereocenters. The monoisotopic (exact) mass is 184 g/mol. The molecule has 0 bridgehead atoms. The van der Waals surface area contributed by atoms with Gasteiger partial charge in [0.2, 0.25) is 5.91 Å². The van der Waals surface area contributed by atoms with Crippen LogP contribution in [0, 0.1) is 11.3 Å². The van der Waals surface area contributed by atoms with Gasteiger partial charge in [-0.1, -0.05) is 0 Å². The third-order valence-corrected chi connectivity index (χ3v) is 3.31. The summed E-state index contributed by atoms with van der Waals surface area (Å²) in [5.41, 5.74) is 2.73. The minimum absolute atomic E-state index is 0.0596.